The van der Waals surface area contributed by atoms with E-state index in [1.54, 1.807) is 12.2 Å². The number of nitrogens with one attached hydrogen (secondary N) is 1. The first-order valence-electron chi connectivity index (χ1n) is 3.65. The number of hydrogen-bond donors (Lipinski definition) is 1. The minimum atomic E-state index is -4.82. The van der Waals surface area contributed by atoms with Gasteiger partial charge in [0.15, 0.2) is 0 Å². The fourth-order valence-electron chi connectivity index (χ4n) is 0.757. The van der Waals surface area contributed by atoms with E-state index in [1.165, 1.54) is 16.8 Å². The van der Waals surface area contributed by atoms with Gasteiger partial charge in [0.05, 0.1) is 17.7 Å². The number of thiazole rings is 1. The van der Waals surface area contributed by atoms with Crippen LogP contribution in [0.15, 0.2) is 5.51 Å². The van der Waals surface area contributed by atoms with E-state index < -0.39 is 12.1 Å². The highest BCUT2D eigenvalue weighted by Crippen LogP contribution is 2.16. The summed E-state index contributed by atoms with van der Waals surface area (Å²) in [7, 11) is 0. The summed E-state index contributed by atoms with van der Waals surface area (Å²) in [6.07, 6.45) is -4.82. The Bertz CT molecular complexity index is 334. The Morgan fingerprint density at radius 2 is 2.29 bits per heavy atom. The summed E-state index contributed by atoms with van der Waals surface area (Å²) in [4.78, 5) is 14.9. The van der Waals surface area contributed by atoms with Crippen molar-refractivity contribution < 1.29 is 18.0 Å². The third-order valence-electron chi connectivity index (χ3n) is 1.51. The average Bonchev–Trinajstić information content (AvgIpc) is 2.45. The molecule has 0 aliphatic heterocycles. The molecule has 0 radical (unpaired) electrons. The van der Waals surface area contributed by atoms with E-state index in [0.29, 0.717) is 10.6 Å². The Hall–Kier alpha value is -1.11. The Morgan fingerprint density at radius 1 is 1.64 bits per heavy atom. The number of nitrogens with zero attached hydrogens (tertiary/aromatic N) is 1. The molecule has 1 heterocycles. The summed E-state index contributed by atoms with van der Waals surface area (Å²) in [5.74, 6) is -1.93. The van der Waals surface area contributed by atoms with Crippen molar-refractivity contribution in [1.82, 2.24) is 10.3 Å². The predicted octanol–water partition coefficient (Wildman–Crippen LogP) is 1.63. The molecule has 0 spiro atoms. The van der Waals surface area contributed by atoms with Crippen LogP contribution in [0, 0.1) is 6.92 Å². The second-order valence-corrected chi connectivity index (χ2v) is 3.48. The molecule has 7 heteroatoms. The second kappa shape index (κ2) is 3.95. The summed E-state index contributed by atoms with van der Waals surface area (Å²) in [5.41, 5.74) is 2.15. The van der Waals surface area contributed by atoms with Gasteiger partial charge in [-0.05, 0) is 6.92 Å². The zero-order chi connectivity index (χ0) is 10.8. The van der Waals surface area contributed by atoms with Crippen molar-refractivity contribution >= 4 is 17.2 Å². The lowest BCUT2D eigenvalue weighted by atomic mass is 10.4. The van der Waals surface area contributed by atoms with E-state index in [4.69, 9.17) is 0 Å². The molecule has 0 fully saturated rings. The molecular weight excluding hydrogens is 217 g/mol. The highest BCUT2D eigenvalue weighted by atomic mass is 32.1. The number of carbonyl (C=O) groups excluding carboxylic acids is 1. The number of rotatable bonds is 2. The van der Waals surface area contributed by atoms with Gasteiger partial charge < -0.3 is 5.32 Å². The zero-order valence-corrected chi connectivity index (χ0v) is 8.00. The number of halogens is 3. The Morgan fingerprint density at radius 3 is 2.71 bits per heavy atom. The molecule has 0 atom stereocenters. The summed E-state index contributed by atoms with van der Waals surface area (Å²) in [6, 6.07) is 0. The standard InChI is InChI=1S/C7H7F3N2OS/c1-4-5(14-3-12-4)2-11-6(13)7(8,9)10/h3H,2H2,1H3,(H,11,13). The van der Waals surface area contributed by atoms with Gasteiger partial charge in [0, 0.05) is 4.88 Å². The van der Waals surface area contributed by atoms with Gasteiger partial charge >= 0.3 is 12.1 Å². The number of aromatic nitrogens is 1. The number of carbonyl (C=O) groups is 1. The fourth-order valence-corrected chi connectivity index (χ4v) is 1.47. The second-order valence-electron chi connectivity index (χ2n) is 2.54. The quantitative estimate of drug-likeness (QED) is 0.829. The van der Waals surface area contributed by atoms with E-state index in [1.807, 2.05) is 0 Å². The van der Waals surface area contributed by atoms with Crippen LogP contribution >= 0.6 is 11.3 Å². The molecule has 1 N–H and O–H groups in total. The molecule has 0 bridgehead atoms. The van der Waals surface area contributed by atoms with Gasteiger partial charge in [-0.3, -0.25) is 4.79 Å². The van der Waals surface area contributed by atoms with Crippen LogP contribution in [-0.4, -0.2) is 17.1 Å². The van der Waals surface area contributed by atoms with E-state index in [9.17, 15) is 18.0 Å². The predicted molar refractivity (Wildman–Crippen MR) is 44.8 cm³/mol. The summed E-state index contributed by atoms with van der Waals surface area (Å²) >= 11 is 1.21. The molecule has 0 aliphatic rings. The summed E-state index contributed by atoms with van der Waals surface area (Å²) < 4.78 is 35.3. The summed E-state index contributed by atoms with van der Waals surface area (Å²) in [6.45, 7) is 1.54. The van der Waals surface area contributed by atoms with Crippen LogP contribution in [-0.2, 0) is 11.3 Å². The van der Waals surface area contributed by atoms with Gasteiger partial charge in [-0.2, -0.15) is 13.2 Å². The van der Waals surface area contributed by atoms with Crippen LogP contribution in [0.3, 0.4) is 0 Å². The van der Waals surface area contributed by atoms with Crippen LogP contribution in [0.4, 0.5) is 13.2 Å². The highest BCUT2D eigenvalue weighted by Gasteiger charge is 2.38. The van der Waals surface area contributed by atoms with E-state index in [-0.39, 0.29) is 6.54 Å². The Labute approximate surface area is 82.0 Å². The maximum Gasteiger partial charge on any atom is 0.471 e. The fraction of sp³-hybridized carbons (Fsp3) is 0.429. The van der Waals surface area contributed by atoms with Crippen molar-refractivity contribution in [3.63, 3.8) is 0 Å². The van der Waals surface area contributed by atoms with Gasteiger partial charge in [-0.1, -0.05) is 0 Å². The zero-order valence-electron chi connectivity index (χ0n) is 7.18. The normalized spacial score (nSPS) is 11.4. The van der Waals surface area contributed by atoms with Gasteiger partial charge in [-0.25, -0.2) is 4.98 Å². The van der Waals surface area contributed by atoms with Crippen molar-refractivity contribution in [1.29, 1.82) is 0 Å². The first kappa shape index (κ1) is 11.0. The van der Waals surface area contributed by atoms with Gasteiger partial charge in [-0.15, -0.1) is 11.3 Å². The molecule has 0 saturated heterocycles. The van der Waals surface area contributed by atoms with Crippen LogP contribution in [0.2, 0.25) is 0 Å². The van der Waals surface area contributed by atoms with E-state index in [2.05, 4.69) is 4.98 Å². The Kier molecular flexibility index (Phi) is 3.10. The highest BCUT2D eigenvalue weighted by molar-refractivity contribution is 7.09. The number of amides is 1. The van der Waals surface area contributed by atoms with Gasteiger partial charge in [0.25, 0.3) is 0 Å². The third kappa shape index (κ3) is 2.69. The first-order chi connectivity index (χ1) is 6.41. The molecular formula is C7H7F3N2OS. The van der Waals surface area contributed by atoms with Gasteiger partial charge in [0.2, 0.25) is 0 Å². The SMILES string of the molecule is Cc1ncsc1CNC(=O)C(F)(F)F. The molecule has 78 valence electrons. The van der Waals surface area contributed by atoms with Crippen molar-refractivity contribution in [3.8, 4) is 0 Å². The average molecular weight is 224 g/mol. The minimum Gasteiger partial charge on any atom is -0.343 e. The lowest BCUT2D eigenvalue weighted by Crippen LogP contribution is -2.36. The maximum atomic E-state index is 11.8. The van der Waals surface area contributed by atoms with Crippen LogP contribution in [0.5, 0.6) is 0 Å². The monoisotopic (exact) mass is 224 g/mol. The minimum absolute atomic E-state index is 0.130. The molecule has 0 aromatic carbocycles. The maximum absolute atomic E-state index is 11.8. The first-order valence-corrected chi connectivity index (χ1v) is 4.53. The van der Waals surface area contributed by atoms with Crippen LogP contribution in [0.25, 0.3) is 0 Å². The van der Waals surface area contributed by atoms with Crippen LogP contribution in [0.1, 0.15) is 10.6 Å². The molecule has 1 rings (SSSR count). The van der Waals surface area contributed by atoms with Crippen molar-refractivity contribution in [2.24, 2.45) is 0 Å². The molecule has 0 saturated carbocycles. The van der Waals surface area contributed by atoms with E-state index in [0.717, 1.165) is 0 Å². The molecule has 1 aromatic rings. The summed E-state index contributed by atoms with van der Waals surface area (Å²) in [5, 5.41) is 1.77. The topological polar surface area (TPSA) is 42.0 Å². The number of hydrogen-bond acceptors (Lipinski definition) is 3. The van der Waals surface area contributed by atoms with Crippen molar-refractivity contribution in [2.75, 3.05) is 0 Å². The third-order valence-corrected chi connectivity index (χ3v) is 2.45. The lowest BCUT2D eigenvalue weighted by molar-refractivity contribution is -0.173. The molecule has 1 amide bonds. The molecule has 0 aliphatic carbocycles. The van der Waals surface area contributed by atoms with Crippen molar-refractivity contribution in [2.45, 2.75) is 19.6 Å². The van der Waals surface area contributed by atoms with Crippen molar-refractivity contribution in [3.05, 3.63) is 16.1 Å². The largest absolute Gasteiger partial charge is 0.471 e. The molecule has 0 unspecified atom stereocenters. The van der Waals surface area contributed by atoms with Gasteiger partial charge in [0.1, 0.15) is 0 Å². The number of aryl methyl sites for hydroxylation is 1. The van der Waals surface area contributed by atoms with E-state index >= 15 is 0 Å². The smallest absolute Gasteiger partial charge is 0.343 e. The van der Waals surface area contributed by atoms with Crippen LogP contribution < -0.4 is 5.32 Å². The number of alkyl halides is 3. The molecule has 1 aromatic heterocycles. The Balaban J connectivity index is 2.50. The molecule has 3 nitrogen and oxygen atoms in total. The molecule has 14 heavy (non-hydrogen) atoms. The lowest BCUT2D eigenvalue weighted by Gasteiger charge is -2.06.